The molecule has 0 aliphatic carbocycles. The largest absolute Gasteiger partial charge is 0.493 e. The minimum Gasteiger partial charge on any atom is -0.493 e. The van der Waals surface area contributed by atoms with Crippen molar-refractivity contribution in [3.05, 3.63) is 94.5 Å². The summed E-state index contributed by atoms with van der Waals surface area (Å²) in [5, 5.41) is 3.48. The van der Waals surface area contributed by atoms with Gasteiger partial charge in [-0.2, -0.15) is 0 Å². The molecule has 1 N–H and O–H groups in total. The van der Waals surface area contributed by atoms with E-state index in [2.05, 4.69) is 18.3 Å². The number of aryl methyl sites for hydroxylation is 1. The summed E-state index contributed by atoms with van der Waals surface area (Å²) in [7, 11) is 0. The van der Waals surface area contributed by atoms with Crippen molar-refractivity contribution in [2.24, 2.45) is 0 Å². The zero-order valence-corrected chi connectivity index (χ0v) is 18.5. The second kappa shape index (κ2) is 12.0. The Bertz CT molecular complexity index is 975. The van der Waals surface area contributed by atoms with Gasteiger partial charge in [0, 0.05) is 11.6 Å². The predicted octanol–water partition coefficient (Wildman–Crippen LogP) is 6.07. The molecule has 162 valence electrons. The van der Waals surface area contributed by atoms with Crippen molar-refractivity contribution >= 4 is 17.5 Å². The summed E-state index contributed by atoms with van der Waals surface area (Å²) < 4.78 is 11.7. The number of hydrogen-bond donors (Lipinski definition) is 1. The van der Waals surface area contributed by atoms with Crippen molar-refractivity contribution in [3.63, 3.8) is 0 Å². The first kappa shape index (κ1) is 22.7. The van der Waals surface area contributed by atoms with Crippen LogP contribution in [0.1, 0.15) is 41.3 Å². The van der Waals surface area contributed by atoms with Crippen molar-refractivity contribution in [1.82, 2.24) is 5.32 Å². The Morgan fingerprint density at radius 1 is 0.935 bits per heavy atom. The van der Waals surface area contributed by atoms with Gasteiger partial charge < -0.3 is 14.8 Å². The molecule has 0 aromatic heterocycles. The lowest BCUT2D eigenvalue weighted by Gasteiger charge is -2.13. The summed E-state index contributed by atoms with van der Waals surface area (Å²) >= 11 is 6.13. The minimum atomic E-state index is -0.193. The summed E-state index contributed by atoms with van der Waals surface area (Å²) in [5.74, 6) is 1.24. The lowest BCUT2D eigenvalue weighted by Crippen LogP contribution is -2.25. The van der Waals surface area contributed by atoms with Gasteiger partial charge >= 0.3 is 0 Å². The summed E-state index contributed by atoms with van der Waals surface area (Å²) in [5.41, 5.74) is 2.63. The topological polar surface area (TPSA) is 47.6 Å². The molecule has 31 heavy (non-hydrogen) atoms. The Morgan fingerprint density at radius 2 is 1.71 bits per heavy atom. The Morgan fingerprint density at radius 3 is 2.52 bits per heavy atom. The van der Waals surface area contributed by atoms with Gasteiger partial charge in [-0.25, -0.2) is 0 Å². The first-order chi connectivity index (χ1) is 15.2. The van der Waals surface area contributed by atoms with Crippen LogP contribution in [0, 0.1) is 0 Å². The number of ether oxygens (including phenoxy) is 2. The molecule has 3 rings (SSSR count). The molecular formula is C26H28ClNO3. The lowest BCUT2D eigenvalue weighted by atomic mass is 10.1. The fourth-order valence-electron chi connectivity index (χ4n) is 3.18. The monoisotopic (exact) mass is 437 g/mol. The SMILES string of the molecule is CCCOc1ccccc1CCCNC(=O)c1cc(Cl)ccc1OCc1ccccc1. The molecule has 0 fully saturated rings. The van der Waals surface area contributed by atoms with Crippen LogP contribution in [0.25, 0.3) is 0 Å². The molecule has 4 nitrogen and oxygen atoms in total. The fraction of sp³-hybridized carbons (Fsp3) is 0.269. The Balaban J connectivity index is 1.55. The van der Waals surface area contributed by atoms with E-state index in [4.69, 9.17) is 21.1 Å². The fourth-order valence-corrected chi connectivity index (χ4v) is 3.35. The van der Waals surface area contributed by atoms with Gasteiger partial charge in [0.2, 0.25) is 0 Å². The Labute approximate surface area is 189 Å². The highest BCUT2D eigenvalue weighted by Crippen LogP contribution is 2.24. The van der Waals surface area contributed by atoms with Gasteiger partial charge in [0.1, 0.15) is 18.1 Å². The molecule has 0 saturated carbocycles. The number of rotatable bonds is 11. The first-order valence-corrected chi connectivity index (χ1v) is 11.0. The summed E-state index contributed by atoms with van der Waals surface area (Å²) in [4.78, 5) is 12.8. The molecule has 0 heterocycles. The van der Waals surface area contributed by atoms with Crippen molar-refractivity contribution < 1.29 is 14.3 Å². The first-order valence-electron chi connectivity index (χ1n) is 10.6. The molecule has 0 aliphatic rings. The van der Waals surface area contributed by atoms with Gasteiger partial charge in [-0.15, -0.1) is 0 Å². The van der Waals surface area contributed by atoms with E-state index < -0.39 is 0 Å². The van der Waals surface area contributed by atoms with Crippen LogP contribution in [-0.2, 0) is 13.0 Å². The molecular weight excluding hydrogens is 410 g/mol. The van der Waals surface area contributed by atoms with Gasteiger partial charge in [-0.05, 0) is 54.7 Å². The molecule has 3 aromatic rings. The average Bonchev–Trinajstić information content (AvgIpc) is 2.80. The molecule has 0 unspecified atom stereocenters. The zero-order valence-electron chi connectivity index (χ0n) is 17.8. The minimum absolute atomic E-state index is 0.193. The number of para-hydroxylation sites is 1. The van der Waals surface area contributed by atoms with E-state index in [0.29, 0.717) is 36.1 Å². The van der Waals surface area contributed by atoms with Crippen LogP contribution < -0.4 is 14.8 Å². The Hall–Kier alpha value is -2.98. The highest BCUT2D eigenvalue weighted by Gasteiger charge is 2.14. The number of benzene rings is 3. The summed E-state index contributed by atoms with van der Waals surface area (Å²) in [6, 6.07) is 23.0. The van der Waals surface area contributed by atoms with Gasteiger partial charge in [0.25, 0.3) is 5.91 Å². The lowest BCUT2D eigenvalue weighted by molar-refractivity contribution is 0.0948. The molecule has 0 radical (unpaired) electrons. The highest BCUT2D eigenvalue weighted by atomic mass is 35.5. The molecule has 0 bridgehead atoms. The molecule has 3 aromatic carbocycles. The third-order valence-corrected chi connectivity index (χ3v) is 5.00. The quantitative estimate of drug-likeness (QED) is 0.370. The number of halogens is 1. The van der Waals surface area contributed by atoms with E-state index in [1.807, 2.05) is 48.5 Å². The van der Waals surface area contributed by atoms with Crippen LogP contribution in [0.2, 0.25) is 5.02 Å². The Kier molecular flexibility index (Phi) is 8.80. The normalized spacial score (nSPS) is 10.5. The van der Waals surface area contributed by atoms with Crippen molar-refractivity contribution in [2.45, 2.75) is 32.8 Å². The average molecular weight is 438 g/mol. The van der Waals surface area contributed by atoms with E-state index in [-0.39, 0.29) is 5.91 Å². The van der Waals surface area contributed by atoms with Crippen molar-refractivity contribution in [3.8, 4) is 11.5 Å². The van der Waals surface area contributed by atoms with Crippen molar-refractivity contribution in [2.75, 3.05) is 13.2 Å². The number of carbonyl (C=O) groups is 1. The second-order valence-corrected chi connectivity index (χ2v) is 7.67. The highest BCUT2D eigenvalue weighted by molar-refractivity contribution is 6.31. The number of hydrogen-bond acceptors (Lipinski definition) is 3. The van der Waals surface area contributed by atoms with Crippen LogP contribution in [-0.4, -0.2) is 19.1 Å². The van der Waals surface area contributed by atoms with E-state index in [1.165, 1.54) is 0 Å². The predicted molar refractivity (Wildman–Crippen MR) is 125 cm³/mol. The van der Waals surface area contributed by atoms with E-state index in [0.717, 1.165) is 36.1 Å². The van der Waals surface area contributed by atoms with Crippen molar-refractivity contribution in [1.29, 1.82) is 0 Å². The van der Waals surface area contributed by atoms with E-state index in [9.17, 15) is 4.79 Å². The summed E-state index contributed by atoms with van der Waals surface area (Å²) in [6.07, 6.45) is 2.60. The van der Waals surface area contributed by atoms with E-state index >= 15 is 0 Å². The standard InChI is InChI=1S/C26H28ClNO3/c1-2-17-30-24-13-7-6-11-21(24)12-8-16-28-26(29)23-18-22(27)14-15-25(23)31-19-20-9-4-3-5-10-20/h3-7,9-11,13-15,18H,2,8,12,16-17,19H2,1H3,(H,28,29). The van der Waals surface area contributed by atoms with Crippen LogP contribution >= 0.6 is 11.6 Å². The van der Waals surface area contributed by atoms with Crippen LogP contribution in [0.5, 0.6) is 11.5 Å². The van der Waals surface area contributed by atoms with Gasteiger partial charge in [0.05, 0.1) is 12.2 Å². The second-order valence-electron chi connectivity index (χ2n) is 7.23. The maximum atomic E-state index is 12.8. The van der Waals surface area contributed by atoms with Crippen LogP contribution in [0.4, 0.5) is 0 Å². The number of carbonyl (C=O) groups excluding carboxylic acids is 1. The van der Waals surface area contributed by atoms with Gasteiger partial charge in [0.15, 0.2) is 0 Å². The molecule has 0 saturated heterocycles. The third kappa shape index (κ3) is 7.04. The molecule has 0 aliphatic heterocycles. The molecule has 0 atom stereocenters. The maximum Gasteiger partial charge on any atom is 0.255 e. The summed E-state index contributed by atoms with van der Waals surface area (Å²) in [6.45, 7) is 3.73. The van der Waals surface area contributed by atoms with E-state index in [1.54, 1.807) is 18.2 Å². The number of nitrogens with one attached hydrogen (secondary N) is 1. The van der Waals surface area contributed by atoms with Crippen LogP contribution in [0.3, 0.4) is 0 Å². The van der Waals surface area contributed by atoms with Gasteiger partial charge in [-0.3, -0.25) is 4.79 Å². The number of amides is 1. The molecule has 5 heteroatoms. The smallest absolute Gasteiger partial charge is 0.255 e. The zero-order chi connectivity index (χ0) is 21.9. The third-order valence-electron chi connectivity index (χ3n) is 4.77. The molecule has 1 amide bonds. The van der Waals surface area contributed by atoms with Gasteiger partial charge in [-0.1, -0.05) is 67.1 Å². The maximum absolute atomic E-state index is 12.8. The molecule has 0 spiro atoms. The van der Waals surface area contributed by atoms with Crippen LogP contribution in [0.15, 0.2) is 72.8 Å².